The van der Waals surface area contributed by atoms with Crippen molar-refractivity contribution in [1.29, 1.82) is 0 Å². The third-order valence-corrected chi connectivity index (χ3v) is 3.96. The third kappa shape index (κ3) is 5.72. The summed E-state index contributed by atoms with van der Waals surface area (Å²) in [5.41, 5.74) is 1.69. The summed E-state index contributed by atoms with van der Waals surface area (Å²) in [6.07, 6.45) is -6.31. The van der Waals surface area contributed by atoms with Crippen molar-refractivity contribution in [3.63, 3.8) is 0 Å². The molecule has 142 valence electrons. The summed E-state index contributed by atoms with van der Waals surface area (Å²) in [5, 5.41) is 38.6. The average Bonchev–Trinajstić information content (AvgIpc) is 2.57. The standard InChI is InChI=1S/C18H28O7/c1-18(2,3)24-10-12-6-4-11(5-7-12)9-23-17-16(22)15(21)14(20)13(8-19)25-17/h4-7,13-17,19-22H,8-10H2,1-3H3. The Hall–Kier alpha value is -1.06. The van der Waals surface area contributed by atoms with Crippen LogP contribution >= 0.6 is 0 Å². The minimum atomic E-state index is -1.44. The molecule has 25 heavy (non-hydrogen) atoms. The van der Waals surface area contributed by atoms with Crippen molar-refractivity contribution >= 4 is 0 Å². The fraction of sp³-hybridized carbons (Fsp3) is 0.667. The number of ether oxygens (including phenoxy) is 3. The molecule has 7 heteroatoms. The van der Waals surface area contributed by atoms with Gasteiger partial charge in [-0.2, -0.15) is 0 Å². The van der Waals surface area contributed by atoms with E-state index >= 15 is 0 Å². The van der Waals surface area contributed by atoms with E-state index in [-0.39, 0.29) is 12.2 Å². The molecule has 1 aliphatic rings. The van der Waals surface area contributed by atoms with Gasteiger partial charge in [0.15, 0.2) is 6.29 Å². The van der Waals surface area contributed by atoms with E-state index in [9.17, 15) is 15.3 Å². The number of hydrogen-bond donors (Lipinski definition) is 4. The molecule has 5 atom stereocenters. The van der Waals surface area contributed by atoms with Gasteiger partial charge in [0.1, 0.15) is 24.4 Å². The van der Waals surface area contributed by atoms with Crippen LogP contribution in [0.25, 0.3) is 0 Å². The van der Waals surface area contributed by atoms with Gasteiger partial charge in [-0.05, 0) is 31.9 Å². The number of benzene rings is 1. The quantitative estimate of drug-likeness (QED) is 0.581. The molecule has 1 aliphatic heterocycles. The SMILES string of the molecule is CC(C)(C)OCc1ccc(COC2OC(CO)C(O)C(O)C2O)cc1. The highest BCUT2D eigenvalue weighted by Crippen LogP contribution is 2.23. The molecule has 1 saturated heterocycles. The van der Waals surface area contributed by atoms with Gasteiger partial charge in [-0.3, -0.25) is 0 Å². The van der Waals surface area contributed by atoms with Crippen LogP contribution in [0.5, 0.6) is 0 Å². The lowest BCUT2D eigenvalue weighted by atomic mass is 9.99. The minimum absolute atomic E-state index is 0.156. The van der Waals surface area contributed by atoms with Crippen LogP contribution in [-0.2, 0) is 27.4 Å². The van der Waals surface area contributed by atoms with E-state index in [1.54, 1.807) is 0 Å². The minimum Gasteiger partial charge on any atom is -0.394 e. The molecule has 0 aliphatic carbocycles. The molecule has 0 radical (unpaired) electrons. The molecule has 0 bridgehead atoms. The first kappa shape index (κ1) is 20.3. The molecule has 1 aromatic rings. The monoisotopic (exact) mass is 356 g/mol. The van der Waals surface area contributed by atoms with Crippen LogP contribution in [0.1, 0.15) is 31.9 Å². The highest BCUT2D eigenvalue weighted by Gasteiger charge is 2.43. The Morgan fingerprint density at radius 3 is 2.00 bits per heavy atom. The van der Waals surface area contributed by atoms with Gasteiger partial charge in [-0.1, -0.05) is 24.3 Å². The topological polar surface area (TPSA) is 109 Å². The van der Waals surface area contributed by atoms with Crippen LogP contribution in [0, 0.1) is 0 Å². The Labute approximate surface area is 147 Å². The maximum atomic E-state index is 9.93. The molecule has 1 fully saturated rings. The van der Waals surface area contributed by atoms with Crippen molar-refractivity contribution < 1.29 is 34.6 Å². The van der Waals surface area contributed by atoms with Crippen LogP contribution in [0.3, 0.4) is 0 Å². The van der Waals surface area contributed by atoms with E-state index in [1.165, 1.54) is 0 Å². The zero-order valence-corrected chi connectivity index (χ0v) is 14.8. The lowest BCUT2D eigenvalue weighted by molar-refractivity contribution is -0.304. The van der Waals surface area contributed by atoms with Gasteiger partial charge in [0.2, 0.25) is 0 Å². The number of aliphatic hydroxyl groups is 4. The molecule has 0 aromatic heterocycles. The van der Waals surface area contributed by atoms with Gasteiger partial charge in [0.25, 0.3) is 0 Å². The maximum Gasteiger partial charge on any atom is 0.187 e. The molecule has 1 aromatic carbocycles. The molecule has 2 rings (SSSR count). The maximum absolute atomic E-state index is 9.93. The predicted octanol–water partition coefficient (Wildman–Crippen LogP) is 0.318. The van der Waals surface area contributed by atoms with Crippen molar-refractivity contribution in [2.24, 2.45) is 0 Å². The van der Waals surface area contributed by atoms with Crippen molar-refractivity contribution in [3.8, 4) is 0 Å². The van der Waals surface area contributed by atoms with E-state index in [0.717, 1.165) is 11.1 Å². The summed E-state index contributed by atoms with van der Waals surface area (Å²) < 4.78 is 16.5. The number of hydrogen-bond acceptors (Lipinski definition) is 7. The van der Waals surface area contributed by atoms with Gasteiger partial charge in [-0.25, -0.2) is 0 Å². The predicted molar refractivity (Wildman–Crippen MR) is 89.5 cm³/mol. The largest absolute Gasteiger partial charge is 0.394 e. The summed E-state index contributed by atoms with van der Waals surface area (Å²) in [6, 6.07) is 7.62. The van der Waals surface area contributed by atoms with E-state index in [2.05, 4.69) is 0 Å². The Kier molecular flexibility index (Phi) is 6.93. The zero-order chi connectivity index (χ0) is 18.6. The summed E-state index contributed by atoms with van der Waals surface area (Å²) in [7, 11) is 0. The van der Waals surface area contributed by atoms with Crippen LogP contribution in [0.15, 0.2) is 24.3 Å². The smallest absolute Gasteiger partial charge is 0.187 e. The van der Waals surface area contributed by atoms with E-state index in [1.807, 2.05) is 45.0 Å². The molecular weight excluding hydrogens is 328 g/mol. The first-order chi connectivity index (χ1) is 11.7. The Morgan fingerprint density at radius 1 is 0.920 bits per heavy atom. The fourth-order valence-electron chi connectivity index (χ4n) is 2.42. The molecule has 0 amide bonds. The second-order valence-corrected chi connectivity index (χ2v) is 7.23. The van der Waals surface area contributed by atoms with E-state index < -0.39 is 37.3 Å². The second-order valence-electron chi connectivity index (χ2n) is 7.23. The normalized spacial score (nSPS) is 30.4. The molecular formula is C18H28O7. The second kappa shape index (κ2) is 8.55. The first-order valence-electron chi connectivity index (χ1n) is 8.35. The zero-order valence-electron chi connectivity index (χ0n) is 14.8. The summed E-state index contributed by atoms with van der Waals surface area (Å²) in [4.78, 5) is 0. The van der Waals surface area contributed by atoms with Crippen molar-refractivity contribution in [2.75, 3.05) is 6.61 Å². The lowest BCUT2D eigenvalue weighted by Crippen LogP contribution is -2.59. The van der Waals surface area contributed by atoms with Gasteiger partial charge < -0.3 is 34.6 Å². The molecule has 4 N–H and O–H groups in total. The van der Waals surface area contributed by atoms with Crippen molar-refractivity contribution in [2.45, 2.75) is 70.3 Å². The molecule has 7 nitrogen and oxygen atoms in total. The molecule has 0 saturated carbocycles. The van der Waals surface area contributed by atoms with E-state index in [0.29, 0.717) is 6.61 Å². The van der Waals surface area contributed by atoms with Crippen molar-refractivity contribution in [1.82, 2.24) is 0 Å². The summed E-state index contributed by atoms with van der Waals surface area (Å²) in [5.74, 6) is 0. The Bertz CT molecular complexity index is 523. The van der Waals surface area contributed by atoms with Gasteiger partial charge in [0, 0.05) is 0 Å². The first-order valence-corrected chi connectivity index (χ1v) is 8.35. The van der Waals surface area contributed by atoms with Crippen LogP contribution in [0.4, 0.5) is 0 Å². The van der Waals surface area contributed by atoms with Crippen molar-refractivity contribution in [3.05, 3.63) is 35.4 Å². The molecule has 1 heterocycles. The molecule has 5 unspecified atom stereocenters. The fourth-order valence-corrected chi connectivity index (χ4v) is 2.42. The summed E-state index contributed by atoms with van der Waals surface area (Å²) in [6.45, 7) is 6.18. The number of rotatable bonds is 6. The Balaban J connectivity index is 1.88. The van der Waals surface area contributed by atoms with Gasteiger partial charge >= 0.3 is 0 Å². The average molecular weight is 356 g/mol. The van der Waals surface area contributed by atoms with Crippen LogP contribution < -0.4 is 0 Å². The Morgan fingerprint density at radius 2 is 1.48 bits per heavy atom. The highest BCUT2D eigenvalue weighted by atomic mass is 16.7. The van der Waals surface area contributed by atoms with E-state index in [4.69, 9.17) is 19.3 Å². The van der Waals surface area contributed by atoms with Gasteiger partial charge in [-0.15, -0.1) is 0 Å². The summed E-state index contributed by atoms with van der Waals surface area (Å²) >= 11 is 0. The number of aliphatic hydroxyl groups excluding tert-OH is 4. The third-order valence-electron chi connectivity index (χ3n) is 3.96. The van der Waals surface area contributed by atoms with Crippen LogP contribution in [0.2, 0.25) is 0 Å². The van der Waals surface area contributed by atoms with Crippen LogP contribution in [-0.4, -0.2) is 63.3 Å². The highest BCUT2D eigenvalue weighted by molar-refractivity contribution is 5.21. The van der Waals surface area contributed by atoms with Gasteiger partial charge in [0.05, 0.1) is 25.4 Å². The lowest BCUT2D eigenvalue weighted by Gasteiger charge is -2.39. The molecule has 0 spiro atoms.